The lowest BCUT2D eigenvalue weighted by atomic mass is 10.1. The van der Waals surface area contributed by atoms with Crippen LogP contribution in [0.15, 0.2) is 18.2 Å². The lowest BCUT2D eigenvalue weighted by Crippen LogP contribution is -2.40. The molecule has 0 unspecified atom stereocenters. The van der Waals surface area contributed by atoms with Crippen molar-refractivity contribution in [2.75, 3.05) is 29.9 Å². The van der Waals surface area contributed by atoms with E-state index in [1.807, 2.05) is 6.92 Å². The fourth-order valence-electron chi connectivity index (χ4n) is 3.23. The van der Waals surface area contributed by atoms with Crippen LogP contribution in [0.3, 0.4) is 0 Å². The topological polar surface area (TPSA) is 24.5 Å². The Morgan fingerprint density at radius 2 is 2.17 bits per heavy atom. The minimum Gasteiger partial charge on any atom is -0.492 e. The van der Waals surface area contributed by atoms with Crippen LogP contribution in [0.5, 0.6) is 5.75 Å². The highest BCUT2D eigenvalue weighted by Crippen LogP contribution is 2.40. The van der Waals surface area contributed by atoms with Crippen LogP contribution < -0.4 is 15.0 Å². The number of hydrogen-bond acceptors (Lipinski definition) is 3. The Morgan fingerprint density at radius 1 is 1.33 bits per heavy atom. The molecular weight excluding hydrogens is 224 g/mol. The van der Waals surface area contributed by atoms with Crippen molar-refractivity contribution in [2.24, 2.45) is 0 Å². The highest BCUT2D eigenvalue weighted by molar-refractivity contribution is 5.78. The number of ether oxygens (including phenoxy) is 1. The van der Waals surface area contributed by atoms with Crippen LogP contribution in [0.25, 0.3) is 0 Å². The molecule has 0 spiro atoms. The maximum absolute atomic E-state index is 5.73. The average molecular weight is 246 g/mol. The molecule has 1 N–H and O–H groups in total. The highest BCUT2D eigenvalue weighted by atomic mass is 16.5. The van der Waals surface area contributed by atoms with E-state index in [1.54, 1.807) is 0 Å². The number of nitrogens with one attached hydrogen (secondary N) is 1. The summed E-state index contributed by atoms with van der Waals surface area (Å²) in [4.78, 5) is 2.58. The number of nitrogens with zero attached hydrogens (tertiary/aromatic N) is 1. The van der Waals surface area contributed by atoms with Crippen LogP contribution in [0.4, 0.5) is 11.4 Å². The number of benzene rings is 1. The zero-order valence-electron chi connectivity index (χ0n) is 11.1. The van der Waals surface area contributed by atoms with E-state index in [4.69, 9.17) is 4.74 Å². The van der Waals surface area contributed by atoms with E-state index >= 15 is 0 Å². The average Bonchev–Trinajstić information content (AvgIpc) is 2.93. The van der Waals surface area contributed by atoms with Crippen LogP contribution in [0, 0.1) is 0 Å². The molecule has 1 saturated carbocycles. The van der Waals surface area contributed by atoms with Crippen molar-refractivity contribution < 1.29 is 4.74 Å². The third-order valence-electron chi connectivity index (χ3n) is 4.03. The second-order valence-electron chi connectivity index (χ2n) is 5.14. The van der Waals surface area contributed by atoms with Crippen molar-refractivity contribution in [3.8, 4) is 5.75 Å². The standard InChI is InChI=1S/C15H22N2O/c1-2-18-14-9-5-8-13-15(14)16-10-11-17(13)12-6-3-4-7-12/h5,8-9,12,16H,2-4,6-7,10-11H2,1H3. The fraction of sp³-hybridized carbons (Fsp3) is 0.600. The summed E-state index contributed by atoms with van der Waals surface area (Å²) in [7, 11) is 0. The lowest BCUT2D eigenvalue weighted by Gasteiger charge is -2.37. The van der Waals surface area contributed by atoms with Gasteiger partial charge in [0.2, 0.25) is 0 Å². The summed E-state index contributed by atoms with van der Waals surface area (Å²) < 4.78 is 5.73. The molecule has 1 heterocycles. The zero-order chi connectivity index (χ0) is 12.4. The van der Waals surface area contributed by atoms with Gasteiger partial charge in [-0.15, -0.1) is 0 Å². The first kappa shape index (κ1) is 11.7. The summed E-state index contributed by atoms with van der Waals surface area (Å²) in [6.07, 6.45) is 5.46. The van der Waals surface area contributed by atoms with E-state index in [9.17, 15) is 0 Å². The normalized spacial score (nSPS) is 19.5. The molecule has 3 nitrogen and oxygen atoms in total. The Hall–Kier alpha value is -1.38. The molecule has 18 heavy (non-hydrogen) atoms. The summed E-state index contributed by atoms with van der Waals surface area (Å²) in [6.45, 7) is 4.90. The van der Waals surface area contributed by atoms with Crippen LogP contribution in [-0.4, -0.2) is 25.7 Å². The largest absolute Gasteiger partial charge is 0.492 e. The number of fused-ring (bicyclic) bond motifs is 1. The lowest BCUT2D eigenvalue weighted by molar-refractivity contribution is 0.341. The minimum absolute atomic E-state index is 0.724. The molecule has 0 radical (unpaired) electrons. The van der Waals surface area contributed by atoms with Gasteiger partial charge >= 0.3 is 0 Å². The molecule has 1 aromatic rings. The Labute approximate surface area is 109 Å². The molecule has 98 valence electrons. The van der Waals surface area contributed by atoms with Crippen molar-refractivity contribution in [3.63, 3.8) is 0 Å². The van der Waals surface area contributed by atoms with E-state index in [0.29, 0.717) is 0 Å². The molecule has 1 aromatic carbocycles. The first-order valence-corrected chi connectivity index (χ1v) is 7.16. The maximum Gasteiger partial charge on any atom is 0.144 e. The number of anilines is 2. The van der Waals surface area contributed by atoms with E-state index in [2.05, 4.69) is 28.4 Å². The molecule has 1 aliphatic heterocycles. The summed E-state index contributed by atoms with van der Waals surface area (Å²) in [5, 5.41) is 3.50. The van der Waals surface area contributed by atoms with E-state index in [1.165, 1.54) is 37.1 Å². The van der Waals surface area contributed by atoms with Crippen molar-refractivity contribution in [1.29, 1.82) is 0 Å². The summed E-state index contributed by atoms with van der Waals surface area (Å²) in [5.74, 6) is 0.998. The molecular formula is C15H22N2O. The first-order chi connectivity index (χ1) is 8.90. The second-order valence-corrected chi connectivity index (χ2v) is 5.14. The van der Waals surface area contributed by atoms with Gasteiger partial charge in [0.15, 0.2) is 0 Å². The first-order valence-electron chi connectivity index (χ1n) is 7.16. The minimum atomic E-state index is 0.724. The predicted molar refractivity (Wildman–Crippen MR) is 75.7 cm³/mol. The van der Waals surface area contributed by atoms with Gasteiger partial charge in [-0.3, -0.25) is 0 Å². The highest BCUT2D eigenvalue weighted by Gasteiger charge is 2.27. The summed E-state index contributed by atoms with van der Waals surface area (Å²) >= 11 is 0. The van der Waals surface area contributed by atoms with Crippen LogP contribution >= 0.6 is 0 Å². The van der Waals surface area contributed by atoms with Gasteiger partial charge in [-0.25, -0.2) is 0 Å². The third-order valence-corrected chi connectivity index (χ3v) is 4.03. The zero-order valence-corrected chi connectivity index (χ0v) is 11.1. The molecule has 3 rings (SSSR count). The van der Waals surface area contributed by atoms with Gasteiger partial charge in [0, 0.05) is 19.1 Å². The second kappa shape index (κ2) is 5.09. The Morgan fingerprint density at radius 3 is 2.94 bits per heavy atom. The number of hydrogen-bond donors (Lipinski definition) is 1. The Balaban J connectivity index is 1.92. The maximum atomic E-state index is 5.73. The number of rotatable bonds is 3. The van der Waals surface area contributed by atoms with Gasteiger partial charge in [0.1, 0.15) is 11.4 Å². The van der Waals surface area contributed by atoms with Crippen molar-refractivity contribution in [1.82, 2.24) is 0 Å². The van der Waals surface area contributed by atoms with Gasteiger partial charge in [-0.1, -0.05) is 18.9 Å². The van der Waals surface area contributed by atoms with Crippen LogP contribution in [0.2, 0.25) is 0 Å². The molecule has 1 aliphatic carbocycles. The summed E-state index contributed by atoms with van der Waals surface area (Å²) in [5.41, 5.74) is 2.52. The molecule has 1 fully saturated rings. The number of para-hydroxylation sites is 1. The van der Waals surface area contributed by atoms with Crippen molar-refractivity contribution in [3.05, 3.63) is 18.2 Å². The fourth-order valence-corrected chi connectivity index (χ4v) is 3.23. The molecule has 0 bridgehead atoms. The predicted octanol–water partition coefficient (Wildman–Crippen LogP) is 3.26. The Bertz CT molecular complexity index is 413. The van der Waals surface area contributed by atoms with Gasteiger partial charge < -0.3 is 15.0 Å². The monoisotopic (exact) mass is 246 g/mol. The van der Waals surface area contributed by atoms with Crippen molar-refractivity contribution >= 4 is 11.4 Å². The SMILES string of the molecule is CCOc1cccc2c1NCCN2C1CCCC1. The quantitative estimate of drug-likeness (QED) is 0.886. The van der Waals surface area contributed by atoms with Gasteiger partial charge in [-0.05, 0) is 31.9 Å². The summed E-state index contributed by atoms with van der Waals surface area (Å²) in [6, 6.07) is 7.14. The smallest absolute Gasteiger partial charge is 0.144 e. The molecule has 0 saturated heterocycles. The van der Waals surface area contributed by atoms with Gasteiger partial charge in [0.05, 0.1) is 12.3 Å². The molecule has 3 heteroatoms. The van der Waals surface area contributed by atoms with Gasteiger partial charge in [0.25, 0.3) is 0 Å². The van der Waals surface area contributed by atoms with Crippen LogP contribution in [-0.2, 0) is 0 Å². The van der Waals surface area contributed by atoms with Gasteiger partial charge in [-0.2, -0.15) is 0 Å². The van der Waals surface area contributed by atoms with Crippen molar-refractivity contribution in [2.45, 2.75) is 38.6 Å². The van der Waals surface area contributed by atoms with E-state index in [-0.39, 0.29) is 0 Å². The molecule has 0 atom stereocenters. The van der Waals surface area contributed by atoms with Crippen LogP contribution in [0.1, 0.15) is 32.6 Å². The molecule has 0 amide bonds. The van der Waals surface area contributed by atoms with E-state index < -0.39 is 0 Å². The molecule has 0 aromatic heterocycles. The third kappa shape index (κ3) is 2.02. The molecule has 2 aliphatic rings. The van der Waals surface area contributed by atoms with E-state index in [0.717, 1.165) is 31.5 Å². The Kier molecular flexibility index (Phi) is 3.31.